The number of aromatic nitrogens is 2. The maximum absolute atomic E-state index is 13.6. The van der Waals surface area contributed by atoms with Gasteiger partial charge >= 0.3 is 6.18 Å². The van der Waals surface area contributed by atoms with Crippen LogP contribution < -0.4 is 16.0 Å². The summed E-state index contributed by atoms with van der Waals surface area (Å²) in [5, 5.41) is 19.9. The van der Waals surface area contributed by atoms with Gasteiger partial charge in [-0.25, -0.2) is 0 Å². The molecular formula is C33H39F3N8O. The lowest BCUT2D eigenvalue weighted by Crippen LogP contribution is -2.51. The third-order valence-electron chi connectivity index (χ3n) is 8.34. The van der Waals surface area contributed by atoms with Crippen molar-refractivity contribution in [3.63, 3.8) is 0 Å². The summed E-state index contributed by atoms with van der Waals surface area (Å²) in [6.45, 7) is 7.75. The molecular weight excluding hydrogens is 581 g/mol. The molecule has 0 aliphatic carbocycles. The quantitative estimate of drug-likeness (QED) is 0.325. The first-order valence-corrected chi connectivity index (χ1v) is 15.3. The van der Waals surface area contributed by atoms with E-state index in [1.165, 1.54) is 4.57 Å². The number of nitrogens with one attached hydrogen (secondary N) is 3. The van der Waals surface area contributed by atoms with E-state index >= 15 is 0 Å². The monoisotopic (exact) mass is 620 g/mol. The molecule has 5 rings (SSSR count). The third kappa shape index (κ3) is 8.27. The number of benzene rings is 1. The number of piperazine rings is 1. The molecule has 0 unspecified atom stereocenters. The van der Waals surface area contributed by atoms with E-state index in [-0.39, 0.29) is 24.2 Å². The number of anilines is 2. The van der Waals surface area contributed by atoms with E-state index in [9.17, 15) is 23.2 Å². The summed E-state index contributed by atoms with van der Waals surface area (Å²) in [6.07, 6.45) is -1.14. The van der Waals surface area contributed by atoms with Crippen LogP contribution in [-0.4, -0.2) is 89.8 Å². The first-order chi connectivity index (χ1) is 21.5. The number of likely N-dealkylation sites (tertiary alicyclic amines) is 1. The Hall–Kier alpha value is -4.26. The third-order valence-corrected chi connectivity index (χ3v) is 8.34. The Labute approximate surface area is 261 Å². The zero-order chi connectivity index (χ0) is 32.0. The van der Waals surface area contributed by atoms with Gasteiger partial charge in [0.25, 0.3) is 0 Å². The van der Waals surface area contributed by atoms with Gasteiger partial charge in [0.2, 0.25) is 5.91 Å². The number of piperidine rings is 1. The lowest BCUT2D eigenvalue weighted by atomic mass is 9.91. The highest BCUT2D eigenvalue weighted by Gasteiger charge is 2.30. The number of amides is 1. The highest BCUT2D eigenvalue weighted by Crippen LogP contribution is 2.31. The number of carbonyl (C=O) groups excluding carboxylic acids is 1. The fourth-order valence-electron chi connectivity index (χ4n) is 5.73. The molecule has 1 aromatic carbocycles. The molecule has 3 N–H and O–H groups in total. The minimum absolute atomic E-state index is 0.143. The number of nitriles is 1. The van der Waals surface area contributed by atoms with E-state index in [1.54, 1.807) is 50.4 Å². The van der Waals surface area contributed by atoms with Crippen LogP contribution in [0.2, 0.25) is 0 Å². The Morgan fingerprint density at radius 3 is 2.53 bits per heavy atom. The lowest BCUT2D eigenvalue weighted by molar-refractivity contribution is -0.140. The van der Waals surface area contributed by atoms with Gasteiger partial charge in [-0.05, 0) is 62.9 Å². The number of alkyl halides is 3. The van der Waals surface area contributed by atoms with Gasteiger partial charge in [-0.15, -0.1) is 0 Å². The summed E-state index contributed by atoms with van der Waals surface area (Å²) in [5.74, 6) is 6.05. The molecule has 238 valence electrons. The van der Waals surface area contributed by atoms with E-state index in [2.05, 4.69) is 43.7 Å². The number of hydrogen-bond acceptors (Lipinski definition) is 7. The van der Waals surface area contributed by atoms with Crippen molar-refractivity contribution >= 4 is 28.2 Å². The molecule has 2 fully saturated rings. The zero-order valence-corrected chi connectivity index (χ0v) is 25.7. The molecule has 2 aliphatic heterocycles. The fraction of sp³-hybridized carbons (Fsp3) is 0.485. The molecule has 2 aromatic heterocycles. The van der Waals surface area contributed by atoms with Crippen molar-refractivity contribution in [2.24, 2.45) is 0 Å². The van der Waals surface area contributed by atoms with Crippen molar-refractivity contribution in [2.75, 3.05) is 63.0 Å². The van der Waals surface area contributed by atoms with E-state index in [0.717, 1.165) is 57.8 Å². The molecule has 0 saturated carbocycles. The Kier molecular flexibility index (Phi) is 9.86. The molecule has 1 amide bonds. The number of fused-ring (bicyclic) bond motifs is 1. The lowest BCUT2D eigenvalue weighted by Gasteiger charge is -2.35. The molecule has 12 heteroatoms. The van der Waals surface area contributed by atoms with Gasteiger partial charge in [0.05, 0.1) is 53.4 Å². The van der Waals surface area contributed by atoms with E-state index in [1.807, 2.05) is 11.0 Å². The average molecular weight is 621 g/mol. The second kappa shape index (κ2) is 13.8. The molecule has 0 bridgehead atoms. The van der Waals surface area contributed by atoms with Gasteiger partial charge in [-0.1, -0.05) is 12.0 Å². The Morgan fingerprint density at radius 2 is 1.87 bits per heavy atom. The van der Waals surface area contributed by atoms with Gasteiger partial charge < -0.3 is 25.4 Å². The molecule has 4 heterocycles. The van der Waals surface area contributed by atoms with Crippen molar-refractivity contribution in [3.05, 3.63) is 54.0 Å². The topological polar surface area (TPSA) is 101 Å². The molecule has 0 atom stereocenters. The van der Waals surface area contributed by atoms with Gasteiger partial charge in [0.15, 0.2) is 0 Å². The highest BCUT2D eigenvalue weighted by molar-refractivity contribution is 5.94. The molecule has 2 aliphatic rings. The van der Waals surface area contributed by atoms with Gasteiger partial charge in [0.1, 0.15) is 6.54 Å². The maximum atomic E-state index is 13.6. The van der Waals surface area contributed by atoms with E-state index in [0.29, 0.717) is 28.8 Å². The first kappa shape index (κ1) is 32.1. The summed E-state index contributed by atoms with van der Waals surface area (Å²) in [5.41, 5.74) is 2.16. The average Bonchev–Trinajstić information content (AvgIpc) is 3.37. The Morgan fingerprint density at radius 1 is 1.11 bits per heavy atom. The number of hydrogen-bond donors (Lipinski definition) is 3. The summed E-state index contributed by atoms with van der Waals surface area (Å²) < 4.78 is 42.1. The van der Waals surface area contributed by atoms with Crippen molar-refractivity contribution in [1.29, 1.82) is 5.26 Å². The Bertz CT molecular complexity index is 1580. The van der Waals surface area contributed by atoms with Crippen LogP contribution in [0.4, 0.5) is 24.5 Å². The van der Waals surface area contributed by atoms with Crippen LogP contribution in [0.25, 0.3) is 10.9 Å². The number of nitrogens with zero attached hydrogens (tertiary/aromatic N) is 5. The normalized spacial score (nSPS) is 16.6. The van der Waals surface area contributed by atoms with Crippen LogP contribution in [0, 0.1) is 23.2 Å². The molecule has 45 heavy (non-hydrogen) atoms. The summed E-state index contributed by atoms with van der Waals surface area (Å²) in [6, 6.07) is 13.0. The largest absolute Gasteiger partial charge is 0.406 e. The number of carbonyl (C=O) groups is 1. The summed E-state index contributed by atoms with van der Waals surface area (Å²) in [7, 11) is 0. The van der Waals surface area contributed by atoms with Crippen molar-refractivity contribution < 1.29 is 18.0 Å². The zero-order valence-electron chi connectivity index (χ0n) is 25.7. The van der Waals surface area contributed by atoms with Crippen LogP contribution in [0.3, 0.4) is 0 Å². The number of pyridine rings is 1. The van der Waals surface area contributed by atoms with Crippen molar-refractivity contribution in [1.82, 2.24) is 24.7 Å². The van der Waals surface area contributed by atoms with Gasteiger partial charge in [-0.2, -0.15) is 18.4 Å². The molecule has 2 saturated heterocycles. The number of halogens is 3. The molecule has 9 nitrogen and oxygen atoms in total. The highest BCUT2D eigenvalue weighted by atomic mass is 19.4. The van der Waals surface area contributed by atoms with Gasteiger partial charge in [0, 0.05) is 56.4 Å². The van der Waals surface area contributed by atoms with Crippen LogP contribution in [0.5, 0.6) is 0 Å². The molecule has 0 spiro atoms. The van der Waals surface area contributed by atoms with Crippen LogP contribution in [-0.2, 0) is 16.8 Å². The predicted octanol–water partition coefficient (Wildman–Crippen LogP) is 4.17. The number of rotatable bonds is 8. The predicted molar refractivity (Wildman–Crippen MR) is 169 cm³/mol. The second-order valence-electron chi connectivity index (χ2n) is 12.1. The van der Waals surface area contributed by atoms with Crippen LogP contribution in [0.1, 0.15) is 38.1 Å². The van der Waals surface area contributed by atoms with Crippen molar-refractivity contribution in [3.8, 4) is 17.9 Å². The standard InChI is InChI=1S/C33H39F3N8O/c1-32(2,22-37)30-9-8-25(20-40-30)39-12-4-5-26-19-27-28(6-3-7-29(27)44(26)23-33(34,35)36)41-24-10-15-42(16-11-24)21-31(45)43-17-13-38-14-18-43/h3,6-9,19-20,24,38-39,41H,10-18,21,23H2,1-2H3. The molecule has 3 aromatic rings. The Balaban J connectivity index is 1.25. The fourth-order valence-corrected chi connectivity index (χ4v) is 5.73. The van der Waals surface area contributed by atoms with Gasteiger partial charge in [-0.3, -0.25) is 14.7 Å². The van der Waals surface area contributed by atoms with E-state index < -0.39 is 18.1 Å². The maximum Gasteiger partial charge on any atom is 0.406 e. The van der Waals surface area contributed by atoms with Crippen LogP contribution >= 0.6 is 0 Å². The summed E-state index contributed by atoms with van der Waals surface area (Å²) in [4.78, 5) is 21.1. The SMILES string of the molecule is CC(C)(C#N)c1ccc(NCC#Cc2cc3c(NC4CCN(CC(=O)N5CCNCC5)CC4)cccc3n2CC(F)(F)F)cn1. The molecule has 0 radical (unpaired) electrons. The minimum Gasteiger partial charge on any atom is -0.382 e. The van der Waals surface area contributed by atoms with Crippen molar-refractivity contribution in [2.45, 2.75) is 50.9 Å². The van der Waals surface area contributed by atoms with E-state index in [4.69, 9.17) is 0 Å². The van der Waals surface area contributed by atoms with Crippen LogP contribution in [0.15, 0.2) is 42.6 Å². The minimum atomic E-state index is -4.41. The first-order valence-electron chi connectivity index (χ1n) is 15.3. The summed E-state index contributed by atoms with van der Waals surface area (Å²) >= 11 is 0. The smallest absolute Gasteiger partial charge is 0.382 e. The second-order valence-corrected chi connectivity index (χ2v) is 12.1.